The molecular formula is C31H32N4O2. The van der Waals surface area contributed by atoms with Gasteiger partial charge in [-0.3, -0.25) is 9.89 Å². The molecule has 4 aromatic rings. The van der Waals surface area contributed by atoms with Crippen molar-refractivity contribution in [2.24, 2.45) is 5.92 Å². The van der Waals surface area contributed by atoms with E-state index in [1.807, 2.05) is 36.4 Å². The largest absolute Gasteiger partial charge is 0.393 e. The third-order valence-corrected chi connectivity index (χ3v) is 8.51. The Morgan fingerprint density at radius 2 is 1.68 bits per heavy atom. The van der Waals surface area contributed by atoms with Crippen LogP contribution in [0, 0.1) is 5.92 Å². The number of aliphatic hydroxyl groups excluding tert-OH is 1. The Bertz CT molecular complexity index is 1410. The molecule has 3 N–H and O–H groups in total. The number of nitrogens with zero attached hydrogens (tertiary/aromatic N) is 2. The molecule has 0 spiro atoms. The summed E-state index contributed by atoms with van der Waals surface area (Å²) < 4.78 is 0. The monoisotopic (exact) mass is 492 g/mol. The van der Waals surface area contributed by atoms with Crippen LogP contribution in [-0.4, -0.2) is 39.4 Å². The Kier molecular flexibility index (Phi) is 5.50. The lowest BCUT2D eigenvalue weighted by atomic mass is 9.98. The highest BCUT2D eigenvalue weighted by molar-refractivity contribution is 6.01. The Balaban J connectivity index is 1.14. The number of carbonyl (C=O) groups excluding carboxylic acids is 1. The number of rotatable bonds is 6. The van der Waals surface area contributed by atoms with Crippen LogP contribution in [0.1, 0.15) is 60.5 Å². The normalized spacial score (nSPS) is 23.8. The molecule has 2 bridgehead atoms. The number of fused-ring (bicyclic) bond motifs is 3. The smallest absolute Gasteiger partial charge is 0.251 e. The van der Waals surface area contributed by atoms with Crippen molar-refractivity contribution in [2.45, 2.75) is 62.8 Å². The van der Waals surface area contributed by atoms with E-state index >= 15 is 0 Å². The van der Waals surface area contributed by atoms with Crippen molar-refractivity contribution in [3.8, 4) is 11.3 Å². The number of piperidine rings is 1. The topological polar surface area (TPSA) is 81.2 Å². The molecule has 3 fully saturated rings. The van der Waals surface area contributed by atoms with Crippen molar-refractivity contribution in [1.82, 2.24) is 15.5 Å². The fraction of sp³-hybridized carbons (Fsp3) is 0.355. The Morgan fingerprint density at radius 1 is 0.946 bits per heavy atom. The standard InChI is InChI=1S/C31H32N4O2/c36-26-17-24-13-14-25(18-26)35(24)23-11-8-21(9-12-23)30-27-16-22(10-15-28(27)33-34-30)31(37)32-29(20-6-7-20)19-4-2-1-3-5-19/h1-5,8-12,15-16,20,24-26,29,36H,6-7,13-14,17-18H2,(H,32,37)(H,33,34)/t24?,25?,26?,29-/m1/s1. The van der Waals surface area contributed by atoms with E-state index < -0.39 is 0 Å². The first-order chi connectivity index (χ1) is 18.1. The van der Waals surface area contributed by atoms with Crippen LogP contribution in [0.15, 0.2) is 72.8 Å². The molecule has 3 aliphatic rings. The molecule has 188 valence electrons. The molecule has 3 atom stereocenters. The number of amides is 1. The molecule has 1 amide bonds. The summed E-state index contributed by atoms with van der Waals surface area (Å²) in [7, 11) is 0. The number of hydrogen-bond acceptors (Lipinski definition) is 4. The molecule has 1 saturated carbocycles. The predicted octanol–water partition coefficient (Wildman–Crippen LogP) is 5.60. The van der Waals surface area contributed by atoms with Crippen LogP contribution in [0.5, 0.6) is 0 Å². The molecule has 2 unspecified atom stereocenters. The number of H-pyrrole nitrogens is 1. The molecular weight excluding hydrogens is 460 g/mol. The van der Waals surface area contributed by atoms with Gasteiger partial charge in [-0.25, -0.2) is 0 Å². The highest BCUT2D eigenvalue weighted by atomic mass is 16.3. The summed E-state index contributed by atoms with van der Waals surface area (Å²) in [6, 6.07) is 25.6. The Hall–Kier alpha value is -3.64. The van der Waals surface area contributed by atoms with E-state index in [0.717, 1.165) is 60.7 Å². The summed E-state index contributed by atoms with van der Waals surface area (Å²) in [5, 5.41) is 22.1. The molecule has 1 aromatic heterocycles. The Morgan fingerprint density at radius 3 is 2.38 bits per heavy atom. The summed E-state index contributed by atoms with van der Waals surface area (Å²) in [6.45, 7) is 0. The van der Waals surface area contributed by atoms with Gasteiger partial charge in [0.1, 0.15) is 0 Å². The zero-order chi connectivity index (χ0) is 24.9. The number of hydrogen-bond donors (Lipinski definition) is 3. The van der Waals surface area contributed by atoms with Gasteiger partial charge in [-0.15, -0.1) is 0 Å². The molecule has 3 heterocycles. The maximum absolute atomic E-state index is 13.3. The molecule has 3 aromatic carbocycles. The van der Waals surface area contributed by atoms with Gasteiger partial charge < -0.3 is 15.3 Å². The van der Waals surface area contributed by atoms with Gasteiger partial charge in [-0.1, -0.05) is 42.5 Å². The third-order valence-electron chi connectivity index (χ3n) is 8.51. The van der Waals surface area contributed by atoms with Crippen molar-refractivity contribution in [3.05, 3.63) is 83.9 Å². The fourth-order valence-electron chi connectivity index (χ4n) is 6.52. The van der Waals surface area contributed by atoms with E-state index in [4.69, 9.17) is 0 Å². The molecule has 2 aliphatic heterocycles. The van der Waals surface area contributed by atoms with Gasteiger partial charge in [-0.05, 0) is 80.3 Å². The van der Waals surface area contributed by atoms with E-state index in [2.05, 4.69) is 56.8 Å². The van der Waals surface area contributed by atoms with Crippen LogP contribution in [0.3, 0.4) is 0 Å². The summed E-state index contributed by atoms with van der Waals surface area (Å²) >= 11 is 0. The number of anilines is 1. The van der Waals surface area contributed by atoms with Crippen LogP contribution in [-0.2, 0) is 0 Å². The molecule has 6 nitrogen and oxygen atoms in total. The number of carbonyl (C=O) groups is 1. The first-order valence-electron chi connectivity index (χ1n) is 13.5. The highest BCUT2D eigenvalue weighted by Gasteiger charge is 2.40. The summed E-state index contributed by atoms with van der Waals surface area (Å²) in [5.74, 6) is 0.462. The van der Waals surface area contributed by atoms with E-state index in [1.54, 1.807) is 0 Å². The second-order valence-corrected chi connectivity index (χ2v) is 11.0. The lowest BCUT2D eigenvalue weighted by Crippen LogP contribution is -2.44. The highest BCUT2D eigenvalue weighted by Crippen LogP contribution is 2.42. The fourth-order valence-corrected chi connectivity index (χ4v) is 6.52. The first-order valence-corrected chi connectivity index (χ1v) is 13.5. The van der Waals surface area contributed by atoms with Crippen LogP contribution in [0.25, 0.3) is 22.2 Å². The number of nitrogens with one attached hydrogen (secondary N) is 2. The molecule has 6 heteroatoms. The van der Waals surface area contributed by atoms with E-state index in [9.17, 15) is 9.90 Å². The van der Waals surface area contributed by atoms with E-state index in [0.29, 0.717) is 23.6 Å². The summed E-state index contributed by atoms with van der Waals surface area (Å²) in [5.41, 5.74) is 5.83. The minimum atomic E-state index is -0.165. The van der Waals surface area contributed by atoms with Gasteiger partial charge in [0, 0.05) is 34.3 Å². The maximum atomic E-state index is 13.3. The predicted molar refractivity (Wildman–Crippen MR) is 145 cm³/mol. The second kappa shape index (κ2) is 9.03. The average Bonchev–Trinajstić information content (AvgIpc) is 3.62. The summed E-state index contributed by atoms with van der Waals surface area (Å²) in [6.07, 6.45) is 6.18. The van der Waals surface area contributed by atoms with Gasteiger partial charge >= 0.3 is 0 Å². The zero-order valence-corrected chi connectivity index (χ0v) is 20.8. The van der Waals surface area contributed by atoms with Crippen LogP contribution >= 0.6 is 0 Å². The van der Waals surface area contributed by atoms with Crippen molar-refractivity contribution < 1.29 is 9.90 Å². The average molecular weight is 493 g/mol. The van der Waals surface area contributed by atoms with Gasteiger partial charge in [0.05, 0.1) is 23.4 Å². The minimum Gasteiger partial charge on any atom is -0.393 e. The Labute approximate surface area is 216 Å². The quantitative estimate of drug-likeness (QED) is 0.327. The molecule has 7 rings (SSSR count). The van der Waals surface area contributed by atoms with Crippen LogP contribution in [0.2, 0.25) is 0 Å². The van der Waals surface area contributed by atoms with Gasteiger partial charge in [0.25, 0.3) is 5.91 Å². The number of aromatic nitrogens is 2. The van der Waals surface area contributed by atoms with E-state index in [-0.39, 0.29) is 18.1 Å². The second-order valence-electron chi connectivity index (χ2n) is 11.0. The van der Waals surface area contributed by atoms with Crippen LogP contribution in [0.4, 0.5) is 5.69 Å². The third kappa shape index (κ3) is 4.19. The van der Waals surface area contributed by atoms with Crippen molar-refractivity contribution in [1.29, 1.82) is 0 Å². The van der Waals surface area contributed by atoms with Gasteiger partial charge in [-0.2, -0.15) is 5.10 Å². The molecule has 1 aliphatic carbocycles. The lowest BCUT2D eigenvalue weighted by Gasteiger charge is -2.39. The first kappa shape index (κ1) is 22.5. The molecule has 37 heavy (non-hydrogen) atoms. The minimum absolute atomic E-state index is 0.0481. The SMILES string of the molecule is O=C(N[C@H](c1ccccc1)C1CC1)c1ccc2[nH]nc(-c3ccc(N4C5CCC4CC(O)C5)cc3)c2c1. The van der Waals surface area contributed by atoms with Crippen molar-refractivity contribution >= 4 is 22.5 Å². The van der Waals surface area contributed by atoms with E-state index in [1.165, 1.54) is 11.3 Å². The number of aromatic amines is 1. The molecule has 0 radical (unpaired) electrons. The zero-order valence-electron chi connectivity index (χ0n) is 20.8. The maximum Gasteiger partial charge on any atom is 0.251 e. The van der Waals surface area contributed by atoms with Crippen LogP contribution < -0.4 is 10.2 Å². The van der Waals surface area contributed by atoms with Gasteiger partial charge in [0.2, 0.25) is 0 Å². The number of benzene rings is 3. The lowest BCUT2D eigenvalue weighted by molar-refractivity contribution is 0.0931. The molecule has 2 saturated heterocycles. The number of aliphatic hydroxyl groups is 1. The van der Waals surface area contributed by atoms with Crippen molar-refractivity contribution in [3.63, 3.8) is 0 Å². The van der Waals surface area contributed by atoms with Crippen molar-refractivity contribution in [2.75, 3.05) is 4.90 Å². The van der Waals surface area contributed by atoms with Gasteiger partial charge in [0.15, 0.2) is 0 Å². The summed E-state index contributed by atoms with van der Waals surface area (Å²) in [4.78, 5) is 15.8.